The lowest BCUT2D eigenvalue weighted by Gasteiger charge is -2.32. The minimum absolute atomic E-state index is 0.182. The van der Waals surface area contributed by atoms with E-state index in [1.54, 1.807) is 0 Å². The molecular weight excluding hydrogens is 362 g/mol. The van der Waals surface area contributed by atoms with Crippen molar-refractivity contribution in [3.05, 3.63) is 29.8 Å². The van der Waals surface area contributed by atoms with Crippen molar-refractivity contribution in [2.45, 2.75) is 53.5 Å². The van der Waals surface area contributed by atoms with Gasteiger partial charge in [0.25, 0.3) is 0 Å². The number of guanidine groups is 1. The SMILES string of the molecule is CCNC(=NCc1ccc(N2CCC(C)CC2)cc1)NCCC(=O)N(CC)CC. The summed E-state index contributed by atoms with van der Waals surface area (Å²) in [5, 5.41) is 6.53. The van der Waals surface area contributed by atoms with Crippen LogP contribution in [-0.2, 0) is 11.3 Å². The van der Waals surface area contributed by atoms with Gasteiger partial charge in [0.15, 0.2) is 5.96 Å². The van der Waals surface area contributed by atoms with Gasteiger partial charge in [-0.05, 0) is 57.2 Å². The quantitative estimate of drug-likeness (QED) is 0.493. The maximum absolute atomic E-state index is 12.1. The highest BCUT2D eigenvalue weighted by Gasteiger charge is 2.15. The highest BCUT2D eigenvalue weighted by Crippen LogP contribution is 2.23. The van der Waals surface area contributed by atoms with Crippen LogP contribution in [0.15, 0.2) is 29.3 Å². The number of piperidine rings is 1. The number of carbonyl (C=O) groups excluding carboxylic acids is 1. The number of amides is 1. The Morgan fingerprint density at radius 3 is 2.34 bits per heavy atom. The second kappa shape index (κ2) is 12.3. The zero-order valence-corrected chi connectivity index (χ0v) is 18.7. The minimum atomic E-state index is 0.182. The summed E-state index contributed by atoms with van der Waals surface area (Å²) in [7, 11) is 0. The van der Waals surface area contributed by atoms with Gasteiger partial charge in [-0.2, -0.15) is 0 Å². The van der Waals surface area contributed by atoms with Gasteiger partial charge in [0, 0.05) is 51.4 Å². The van der Waals surface area contributed by atoms with Gasteiger partial charge in [-0.25, -0.2) is 4.99 Å². The molecule has 1 saturated heterocycles. The van der Waals surface area contributed by atoms with E-state index in [4.69, 9.17) is 0 Å². The molecule has 0 aliphatic carbocycles. The van der Waals surface area contributed by atoms with Gasteiger partial charge in [-0.15, -0.1) is 0 Å². The second-order valence-corrected chi connectivity index (χ2v) is 7.77. The third kappa shape index (κ3) is 7.59. The fourth-order valence-electron chi connectivity index (χ4n) is 3.61. The Kier molecular flexibility index (Phi) is 9.81. The van der Waals surface area contributed by atoms with Crippen molar-refractivity contribution in [3.63, 3.8) is 0 Å². The topological polar surface area (TPSA) is 60.0 Å². The molecule has 1 aliphatic rings. The molecular formula is C23H39N5O. The maximum atomic E-state index is 12.1. The molecule has 1 amide bonds. The van der Waals surface area contributed by atoms with Crippen molar-refractivity contribution in [3.8, 4) is 0 Å². The number of nitrogens with zero attached hydrogens (tertiary/aromatic N) is 3. The number of anilines is 1. The first-order valence-electron chi connectivity index (χ1n) is 11.2. The molecule has 0 unspecified atom stereocenters. The van der Waals surface area contributed by atoms with E-state index in [0.29, 0.717) is 19.5 Å². The average molecular weight is 402 g/mol. The number of hydrogen-bond acceptors (Lipinski definition) is 3. The number of aliphatic imine (C=N–C) groups is 1. The van der Waals surface area contributed by atoms with Crippen LogP contribution in [0.3, 0.4) is 0 Å². The Labute approximate surface area is 176 Å². The van der Waals surface area contributed by atoms with Crippen LogP contribution in [0, 0.1) is 5.92 Å². The van der Waals surface area contributed by atoms with Gasteiger partial charge in [-0.1, -0.05) is 19.1 Å². The van der Waals surface area contributed by atoms with Crippen LogP contribution in [-0.4, -0.2) is 56.0 Å². The van der Waals surface area contributed by atoms with Crippen molar-refractivity contribution in [1.29, 1.82) is 0 Å². The molecule has 1 aromatic carbocycles. The normalized spacial score (nSPS) is 15.3. The Bertz CT molecular complexity index is 631. The lowest BCUT2D eigenvalue weighted by atomic mass is 9.99. The Morgan fingerprint density at radius 2 is 1.76 bits per heavy atom. The molecule has 29 heavy (non-hydrogen) atoms. The van der Waals surface area contributed by atoms with Crippen molar-refractivity contribution < 1.29 is 4.79 Å². The minimum Gasteiger partial charge on any atom is -0.372 e. The van der Waals surface area contributed by atoms with Crippen LogP contribution in [0.2, 0.25) is 0 Å². The average Bonchev–Trinajstić information content (AvgIpc) is 2.74. The summed E-state index contributed by atoms with van der Waals surface area (Å²) in [6.07, 6.45) is 3.04. The molecule has 0 bridgehead atoms. The Morgan fingerprint density at radius 1 is 1.10 bits per heavy atom. The Balaban J connectivity index is 1.85. The monoisotopic (exact) mass is 401 g/mol. The van der Waals surface area contributed by atoms with Gasteiger partial charge in [0.2, 0.25) is 5.91 Å². The van der Waals surface area contributed by atoms with Gasteiger partial charge in [-0.3, -0.25) is 4.79 Å². The molecule has 0 aromatic heterocycles. The van der Waals surface area contributed by atoms with Gasteiger partial charge in [0.05, 0.1) is 6.54 Å². The molecule has 6 nitrogen and oxygen atoms in total. The summed E-state index contributed by atoms with van der Waals surface area (Å²) in [6.45, 7) is 14.2. The number of hydrogen-bond donors (Lipinski definition) is 2. The van der Waals surface area contributed by atoms with Crippen molar-refractivity contribution >= 4 is 17.6 Å². The summed E-state index contributed by atoms with van der Waals surface area (Å²) in [5.41, 5.74) is 2.50. The lowest BCUT2D eigenvalue weighted by molar-refractivity contribution is -0.130. The Hall–Kier alpha value is -2.24. The number of rotatable bonds is 9. The first-order valence-corrected chi connectivity index (χ1v) is 11.2. The van der Waals surface area contributed by atoms with Crippen LogP contribution < -0.4 is 15.5 Å². The van der Waals surface area contributed by atoms with Crippen molar-refractivity contribution in [2.24, 2.45) is 10.9 Å². The van der Waals surface area contributed by atoms with E-state index in [1.165, 1.54) is 24.1 Å². The zero-order valence-electron chi connectivity index (χ0n) is 18.7. The maximum Gasteiger partial charge on any atom is 0.224 e. The van der Waals surface area contributed by atoms with Crippen LogP contribution in [0.1, 0.15) is 52.5 Å². The van der Waals surface area contributed by atoms with E-state index < -0.39 is 0 Å². The molecule has 1 aliphatic heterocycles. The van der Waals surface area contributed by atoms with Crippen LogP contribution >= 0.6 is 0 Å². The highest BCUT2D eigenvalue weighted by molar-refractivity contribution is 5.81. The fraction of sp³-hybridized carbons (Fsp3) is 0.652. The van der Waals surface area contributed by atoms with E-state index in [-0.39, 0.29) is 5.91 Å². The molecule has 0 spiro atoms. The smallest absolute Gasteiger partial charge is 0.224 e. The lowest BCUT2D eigenvalue weighted by Crippen LogP contribution is -2.40. The van der Waals surface area contributed by atoms with Gasteiger partial charge in [0.1, 0.15) is 0 Å². The number of nitrogens with one attached hydrogen (secondary N) is 2. The second-order valence-electron chi connectivity index (χ2n) is 7.77. The van der Waals surface area contributed by atoms with E-state index in [9.17, 15) is 4.79 Å². The molecule has 0 atom stereocenters. The summed E-state index contributed by atoms with van der Waals surface area (Å²) in [5.74, 6) is 1.79. The first-order chi connectivity index (χ1) is 14.1. The standard InChI is InChI=1S/C23H39N5O/c1-5-24-23(25-15-12-22(29)27(6-2)7-3)26-18-20-8-10-21(11-9-20)28-16-13-19(4)14-17-28/h8-11,19H,5-7,12-18H2,1-4H3,(H2,24,25,26). The third-order valence-electron chi connectivity index (χ3n) is 5.60. The van der Waals surface area contributed by atoms with Gasteiger partial charge < -0.3 is 20.4 Å². The molecule has 0 saturated carbocycles. The van der Waals surface area contributed by atoms with E-state index in [2.05, 4.69) is 51.7 Å². The largest absolute Gasteiger partial charge is 0.372 e. The number of carbonyl (C=O) groups is 1. The van der Waals surface area contributed by atoms with E-state index >= 15 is 0 Å². The molecule has 6 heteroatoms. The molecule has 0 radical (unpaired) electrons. The first kappa shape index (κ1) is 23.0. The molecule has 1 aromatic rings. The molecule has 162 valence electrons. The molecule has 1 fully saturated rings. The molecule has 2 N–H and O–H groups in total. The molecule has 1 heterocycles. The van der Waals surface area contributed by atoms with Crippen LogP contribution in [0.4, 0.5) is 5.69 Å². The van der Waals surface area contributed by atoms with Crippen molar-refractivity contribution in [1.82, 2.24) is 15.5 Å². The van der Waals surface area contributed by atoms with Crippen LogP contribution in [0.25, 0.3) is 0 Å². The fourth-order valence-corrected chi connectivity index (χ4v) is 3.61. The summed E-state index contributed by atoms with van der Waals surface area (Å²) in [6, 6.07) is 8.77. The highest BCUT2D eigenvalue weighted by atomic mass is 16.2. The van der Waals surface area contributed by atoms with Crippen molar-refractivity contribution in [2.75, 3.05) is 44.2 Å². The number of benzene rings is 1. The predicted molar refractivity (Wildman–Crippen MR) is 122 cm³/mol. The molecule has 2 rings (SSSR count). The van der Waals surface area contributed by atoms with E-state index in [1.807, 2.05) is 25.7 Å². The van der Waals surface area contributed by atoms with Gasteiger partial charge >= 0.3 is 0 Å². The zero-order chi connectivity index (χ0) is 21.1. The summed E-state index contributed by atoms with van der Waals surface area (Å²) in [4.78, 5) is 21.1. The summed E-state index contributed by atoms with van der Waals surface area (Å²) >= 11 is 0. The van der Waals surface area contributed by atoms with Crippen LogP contribution in [0.5, 0.6) is 0 Å². The third-order valence-corrected chi connectivity index (χ3v) is 5.60. The predicted octanol–water partition coefficient (Wildman–Crippen LogP) is 3.24. The summed E-state index contributed by atoms with van der Waals surface area (Å²) < 4.78 is 0. The van der Waals surface area contributed by atoms with E-state index in [0.717, 1.165) is 44.6 Å².